The quantitative estimate of drug-likeness (QED) is 0.740. The van der Waals surface area contributed by atoms with E-state index in [9.17, 15) is 5.11 Å². The molecule has 5 heteroatoms. The lowest BCUT2D eigenvalue weighted by atomic mass is 9.91. The topological polar surface area (TPSA) is 61.3 Å². The van der Waals surface area contributed by atoms with Crippen molar-refractivity contribution in [2.45, 2.75) is 89.3 Å². The standard InChI is InChI=1S/C25H34N4O/c1-25(2,30)20-11-10-19-16-29(13-12-18(19)14-20)23-15-22(17-8-9-17)27-24(28-23)26-21-6-4-3-5-7-21/h10-11,14-15,17,21,30H,3-9,12-13,16H2,1-2H3,(H,26,27,28). The Morgan fingerprint density at radius 1 is 1.00 bits per heavy atom. The maximum absolute atomic E-state index is 10.3. The lowest BCUT2D eigenvalue weighted by Gasteiger charge is -2.32. The zero-order chi connectivity index (χ0) is 20.7. The van der Waals surface area contributed by atoms with Crippen molar-refractivity contribution in [1.82, 2.24) is 9.97 Å². The average molecular weight is 407 g/mol. The van der Waals surface area contributed by atoms with E-state index in [1.165, 1.54) is 61.8 Å². The zero-order valence-electron chi connectivity index (χ0n) is 18.3. The Labute approximate surface area is 179 Å². The molecule has 2 heterocycles. The maximum Gasteiger partial charge on any atom is 0.225 e. The Kier molecular flexibility index (Phi) is 5.18. The monoisotopic (exact) mass is 406 g/mol. The SMILES string of the molecule is CC(C)(O)c1ccc2c(c1)CCN(c1cc(C3CC3)nc(NC3CCCCC3)n1)C2. The molecule has 0 amide bonds. The average Bonchev–Trinajstić information content (AvgIpc) is 3.58. The van der Waals surface area contributed by atoms with E-state index in [2.05, 4.69) is 34.5 Å². The molecular weight excluding hydrogens is 372 g/mol. The van der Waals surface area contributed by atoms with E-state index in [1.54, 1.807) is 0 Å². The van der Waals surface area contributed by atoms with Gasteiger partial charge in [-0.05, 0) is 62.6 Å². The first-order valence-electron chi connectivity index (χ1n) is 11.7. The molecule has 0 spiro atoms. The van der Waals surface area contributed by atoms with Crippen LogP contribution >= 0.6 is 0 Å². The molecule has 30 heavy (non-hydrogen) atoms. The third kappa shape index (κ3) is 4.31. The summed E-state index contributed by atoms with van der Waals surface area (Å²) in [5.41, 5.74) is 4.09. The summed E-state index contributed by atoms with van der Waals surface area (Å²) in [4.78, 5) is 12.2. The Morgan fingerprint density at radius 2 is 1.80 bits per heavy atom. The van der Waals surface area contributed by atoms with Crippen LogP contribution in [-0.4, -0.2) is 27.7 Å². The molecule has 0 bridgehead atoms. The van der Waals surface area contributed by atoms with Gasteiger partial charge in [-0.25, -0.2) is 4.98 Å². The molecule has 3 aliphatic rings. The van der Waals surface area contributed by atoms with Gasteiger partial charge in [-0.1, -0.05) is 37.5 Å². The molecule has 0 radical (unpaired) electrons. The van der Waals surface area contributed by atoms with E-state index in [0.717, 1.165) is 36.8 Å². The molecule has 5 nitrogen and oxygen atoms in total. The van der Waals surface area contributed by atoms with Crippen LogP contribution in [0.4, 0.5) is 11.8 Å². The van der Waals surface area contributed by atoms with Crippen LogP contribution in [0.5, 0.6) is 0 Å². The minimum absolute atomic E-state index is 0.517. The number of aliphatic hydroxyl groups is 1. The van der Waals surface area contributed by atoms with Gasteiger partial charge in [0.25, 0.3) is 0 Å². The van der Waals surface area contributed by atoms with Gasteiger partial charge in [0.05, 0.1) is 11.3 Å². The lowest BCUT2D eigenvalue weighted by molar-refractivity contribution is 0.0785. The lowest BCUT2D eigenvalue weighted by Crippen LogP contribution is -2.32. The summed E-state index contributed by atoms with van der Waals surface area (Å²) in [6, 6.07) is 9.16. The molecule has 0 saturated heterocycles. The van der Waals surface area contributed by atoms with Crippen molar-refractivity contribution in [3.8, 4) is 0 Å². The van der Waals surface area contributed by atoms with E-state index in [4.69, 9.17) is 9.97 Å². The smallest absolute Gasteiger partial charge is 0.225 e. The van der Waals surface area contributed by atoms with Crippen LogP contribution < -0.4 is 10.2 Å². The van der Waals surface area contributed by atoms with Gasteiger partial charge in [0.1, 0.15) is 5.82 Å². The molecule has 1 aromatic carbocycles. The number of hydrogen-bond donors (Lipinski definition) is 2. The van der Waals surface area contributed by atoms with Crippen LogP contribution in [-0.2, 0) is 18.6 Å². The van der Waals surface area contributed by atoms with Crippen LogP contribution in [0, 0.1) is 0 Å². The highest BCUT2D eigenvalue weighted by Gasteiger charge is 2.28. The number of fused-ring (bicyclic) bond motifs is 1. The highest BCUT2D eigenvalue weighted by Crippen LogP contribution is 2.40. The summed E-state index contributed by atoms with van der Waals surface area (Å²) in [6.45, 7) is 5.52. The van der Waals surface area contributed by atoms with E-state index in [1.807, 2.05) is 13.8 Å². The maximum atomic E-state index is 10.3. The molecular formula is C25H34N4O. The van der Waals surface area contributed by atoms with Crippen molar-refractivity contribution >= 4 is 11.8 Å². The second-order valence-corrected chi connectivity index (χ2v) is 9.94. The Hall–Kier alpha value is -2.14. The van der Waals surface area contributed by atoms with Gasteiger partial charge in [0, 0.05) is 31.1 Å². The fourth-order valence-corrected chi connectivity index (χ4v) is 4.83. The van der Waals surface area contributed by atoms with Crippen molar-refractivity contribution in [1.29, 1.82) is 0 Å². The van der Waals surface area contributed by atoms with Crippen molar-refractivity contribution in [2.24, 2.45) is 0 Å². The van der Waals surface area contributed by atoms with Gasteiger partial charge in [-0.3, -0.25) is 0 Å². The molecule has 1 aromatic heterocycles. The zero-order valence-corrected chi connectivity index (χ0v) is 18.3. The Morgan fingerprint density at radius 3 is 2.53 bits per heavy atom. The first kappa shape index (κ1) is 19.8. The normalized spacial score (nSPS) is 20.2. The van der Waals surface area contributed by atoms with Gasteiger partial charge >= 0.3 is 0 Å². The van der Waals surface area contributed by atoms with E-state index in [-0.39, 0.29) is 0 Å². The first-order valence-corrected chi connectivity index (χ1v) is 11.7. The molecule has 0 unspecified atom stereocenters. The number of aromatic nitrogens is 2. The third-order valence-electron chi connectivity index (χ3n) is 6.92. The summed E-state index contributed by atoms with van der Waals surface area (Å²) in [6.07, 6.45) is 9.91. The van der Waals surface area contributed by atoms with E-state index < -0.39 is 5.60 Å². The minimum atomic E-state index is -0.794. The van der Waals surface area contributed by atoms with Gasteiger partial charge in [0.2, 0.25) is 5.95 Å². The first-order chi connectivity index (χ1) is 14.5. The van der Waals surface area contributed by atoms with Crippen molar-refractivity contribution in [3.05, 3.63) is 46.6 Å². The summed E-state index contributed by atoms with van der Waals surface area (Å²) < 4.78 is 0. The van der Waals surface area contributed by atoms with E-state index in [0.29, 0.717) is 12.0 Å². The Balaban J connectivity index is 1.38. The van der Waals surface area contributed by atoms with Crippen LogP contribution in [0.25, 0.3) is 0 Å². The summed E-state index contributed by atoms with van der Waals surface area (Å²) >= 11 is 0. The predicted molar refractivity (Wildman–Crippen MR) is 121 cm³/mol. The molecule has 160 valence electrons. The fraction of sp³-hybridized carbons (Fsp3) is 0.600. The van der Waals surface area contributed by atoms with Crippen molar-refractivity contribution in [2.75, 3.05) is 16.8 Å². The summed E-state index contributed by atoms with van der Waals surface area (Å²) in [5.74, 6) is 2.50. The highest BCUT2D eigenvalue weighted by atomic mass is 16.3. The number of nitrogens with zero attached hydrogens (tertiary/aromatic N) is 3. The number of hydrogen-bond acceptors (Lipinski definition) is 5. The van der Waals surface area contributed by atoms with Crippen molar-refractivity contribution < 1.29 is 5.11 Å². The van der Waals surface area contributed by atoms with Crippen LogP contribution in [0.2, 0.25) is 0 Å². The van der Waals surface area contributed by atoms with Crippen LogP contribution in [0.15, 0.2) is 24.3 Å². The van der Waals surface area contributed by atoms with Gasteiger partial charge in [-0.2, -0.15) is 4.98 Å². The highest BCUT2D eigenvalue weighted by molar-refractivity contribution is 5.50. The van der Waals surface area contributed by atoms with Crippen molar-refractivity contribution in [3.63, 3.8) is 0 Å². The summed E-state index contributed by atoms with van der Waals surface area (Å²) in [5, 5.41) is 14.0. The number of anilines is 2. The molecule has 2 saturated carbocycles. The molecule has 2 N–H and O–H groups in total. The number of benzene rings is 1. The third-order valence-corrected chi connectivity index (χ3v) is 6.92. The van der Waals surface area contributed by atoms with Gasteiger partial charge in [0.15, 0.2) is 0 Å². The molecule has 2 aliphatic carbocycles. The minimum Gasteiger partial charge on any atom is -0.386 e. The largest absolute Gasteiger partial charge is 0.386 e. The fourth-order valence-electron chi connectivity index (χ4n) is 4.83. The predicted octanol–water partition coefficient (Wildman–Crippen LogP) is 4.89. The van der Waals surface area contributed by atoms with E-state index >= 15 is 0 Å². The van der Waals surface area contributed by atoms with Crippen LogP contribution in [0.3, 0.4) is 0 Å². The molecule has 2 aromatic rings. The molecule has 0 atom stereocenters. The molecule has 1 aliphatic heterocycles. The number of nitrogens with one attached hydrogen (secondary N) is 1. The van der Waals surface area contributed by atoms with Gasteiger partial charge in [-0.15, -0.1) is 0 Å². The van der Waals surface area contributed by atoms with Gasteiger partial charge < -0.3 is 15.3 Å². The number of rotatable bonds is 5. The second kappa shape index (κ2) is 7.84. The second-order valence-electron chi connectivity index (χ2n) is 9.94. The Bertz CT molecular complexity index is 910. The molecule has 2 fully saturated rings. The molecule has 5 rings (SSSR count). The summed E-state index contributed by atoms with van der Waals surface area (Å²) in [7, 11) is 0. The van der Waals surface area contributed by atoms with Crippen LogP contribution in [0.1, 0.15) is 87.1 Å².